The van der Waals surface area contributed by atoms with Crippen LogP contribution in [-0.4, -0.2) is 48.0 Å². The topological polar surface area (TPSA) is 82.4 Å². The molecule has 1 atom stereocenters. The summed E-state index contributed by atoms with van der Waals surface area (Å²) in [5, 5.41) is 7.45. The van der Waals surface area contributed by atoms with Gasteiger partial charge in [0.15, 0.2) is 6.10 Å². The molecule has 0 bridgehead atoms. The van der Waals surface area contributed by atoms with Gasteiger partial charge in [-0.2, -0.15) is 5.10 Å². The lowest BCUT2D eigenvalue weighted by Gasteiger charge is -2.11. The van der Waals surface area contributed by atoms with Crippen LogP contribution in [0.5, 0.6) is 0 Å². The first-order valence-electron chi connectivity index (χ1n) is 8.84. The Kier molecular flexibility index (Phi) is 8.22. The molecule has 150 valence electrons. The molecule has 1 N–H and O–H groups in total. The summed E-state index contributed by atoms with van der Waals surface area (Å²) < 4.78 is 11.6. The van der Waals surface area contributed by atoms with E-state index in [0.29, 0.717) is 36.1 Å². The maximum atomic E-state index is 12.0. The zero-order chi connectivity index (χ0) is 20.5. The van der Waals surface area contributed by atoms with Crippen molar-refractivity contribution in [1.29, 1.82) is 0 Å². The van der Waals surface area contributed by atoms with Gasteiger partial charge in [0.25, 0.3) is 5.91 Å². The molecule has 1 aromatic heterocycles. The molecule has 0 aliphatic rings. The Morgan fingerprint density at radius 1 is 1.32 bits per heavy atom. The molecule has 0 saturated heterocycles. The number of amides is 1. The highest BCUT2D eigenvalue weighted by atomic mass is 35.5. The highest BCUT2D eigenvalue weighted by Gasteiger charge is 2.16. The summed E-state index contributed by atoms with van der Waals surface area (Å²) in [6.45, 7) is 4.57. The number of nitrogens with zero attached hydrogens (tertiary/aromatic N) is 2. The molecule has 0 fully saturated rings. The summed E-state index contributed by atoms with van der Waals surface area (Å²) in [6, 6.07) is 9.81. The second-order valence-electron chi connectivity index (χ2n) is 6.13. The highest BCUT2D eigenvalue weighted by molar-refractivity contribution is 6.31. The fourth-order valence-corrected chi connectivity index (χ4v) is 2.75. The van der Waals surface area contributed by atoms with Crippen molar-refractivity contribution in [2.24, 2.45) is 0 Å². The van der Waals surface area contributed by atoms with E-state index in [9.17, 15) is 9.59 Å². The number of nitrogens with one attached hydrogen (secondary N) is 1. The number of rotatable bonds is 9. The Hall–Kier alpha value is -2.64. The van der Waals surface area contributed by atoms with Gasteiger partial charge in [0, 0.05) is 25.3 Å². The molecule has 2 aromatic rings. The molecule has 1 aromatic carbocycles. The zero-order valence-electron chi connectivity index (χ0n) is 16.1. The lowest BCUT2D eigenvalue weighted by atomic mass is 10.2. The number of aryl methyl sites for hydroxylation is 1. The van der Waals surface area contributed by atoms with Gasteiger partial charge in [-0.25, -0.2) is 9.48 Å². The molecule has 0 unspecified atom stereocenters. The van der Waals surface area contributed by atoms with Crippen LogP contribution >= 0.6 is 11.6 Å². The minimum absolute atomic E-state index is 0.350. The molecule has 0 aliphatic carbocycles. The first kappa shape index (κ1) is 21.7. The van der Waals surface area contributed by atoms with E-state index in [4.69, 9.17) is 21.1 Å². The van der Waals surface area contributed by atoms with Crippen LogP contribution in [0.2, 0.25) is 5.15 Å². The second kappa shape index (κ2) is 10.6. The van der Waals surface area contributed by atoms with Crippen molar-refractivity contribution in [2.45, 2.75) is 26.5 Å². The van der Waals surface area contributed by atoms with Gasteiger partial charge in [-0.1, -0.05) is 41.9 Å². The Balaban J connectivity index is 1.97. The van der Waals surface area contributed by atoms with Crippen LogP contribution in [0.1, 0.15) is 23.7 Å². The molecule has 0 aliphatic heterocycles. The summed E-state index contributed by atoms with van der Waals surface area (Å²) in [7, 11) is 1.54. The fraction of sp³-hybridized carbons (Fsp3) is 0.350. The predicted octanol–water partition coefficient (Wildman–Crippen LogP) is 2.60. The van der Waals surface area contributed by atoms with Gasteiger partial charge in [0.05, 0.1) is 18.8 Å². The number of hydrogen-bond acceptors (Lipinski definition) is 5. The highest BCUT2D eigenvalue weighted by Crippen LogP contribution is 2.22. The van der Waals surface area contributed by atoms with E-state index >= 15 is 0 Å². The van der Waals surface area contributed by atoms with Crippen LogP contribution < -0.4 is 5.32 Å². The normalized spacial score (nSPS) is 12.1. The van der Waals surface area contributed by atoms with Crippen molar-refractivity contribution in [1.82, 2.24) is 15.1 Å². The van der Waals surface area contributed by atoms with Gasteiger partial charge in [0.1, 0.15) is 5.15 Å². The number of hydrogen-bond donors (Lipinski definition) is 1. The van der Waals surface area contributed by atoms with Gasteiger partial charge in [0.2, 0.25) is 0 Å². The monoisotopic (exact) mass is 405 g/mol. The summed E-state index contributed by atoms with van der Waals surface area (Å²) in [6.07, 6.45) is 1.87. The van der Waals surface area contributed by atoms with Gasteiger partial charge in [-0.15, -0.1) is 0 Å². The molecule has 0 saturated carbocycles. The number of halogens is 1. The van der Waals surface area contributed by atoms with Gasteiger partial charge < -0.3 is 14.8 Å². The molecule has 28 heavy (non-hydrogen) atoms. The Morgan fingerprint density at radius 3 is 2.71 bits per heavy atom. The van der Waals surface area contributed by atoms with Crippen LogP contribution in [0.3, 0.4) is 0 Å². The average molecular weight is 406 g/mol. The molecular formula is C20H24ClN3O4. The molecular weight excluding hydrogens is 382 g/mol. The number of ether oxygens (including phenoxy) is 2. The van der Waals surface area contributed by atoms with Crippen molar-refractivity contribution in [3.8, 4) is 0 Å². The Morgan fingerprint density at radius 2 is 2.04 bits per heavy atom. The van der Waals surface area contributed by atoms with Gasteiger partial charge >= 0.3 is 5.97 Å². The maximum absolute atomic E-state index is 12.0. The Labute approximate surface area is 169 Å². The van der Waals surface area contributed by atoms with Gasteiger partial charge in [-0.05, 0) is 25.5 Å². The van der Waals surface area contributed by atoms with Crippen molar-refractivity contribution in [3.05, 3.63) is 58.4 Å². The molecule has 7 nitrogen and oxygen atoms in total. The molecule has 1 heterocycles. The minimum atomic E-state index is -0.911. The summed E-state index contributed by atoms with van der Waals surface area (Å²) >= 11 is 6.41. The summed E-state index contributed by atoms with van der Waals surface area (Å²) in [4.78, 5) is 23.8. The van der Waals surface area contributed by atoms with Crippen LogP contribution in [0.4, 0.5) is 0 Å². The number of methoxy groups -OCH3 is 1. The molecule has 0 spiro atoms. The molecule has 2 rings (SSSR count). The third-order valence-electron chi connectivity index (χ3n) is 3.94. The van der Waals surface area contributed by atoms with Crippen molar-refractivity contribution in [2.75, 3.05) is 20.3 Å². The van der Waals surface area contributed by atoms with E-state index in [2.05, 4.69) is 10.4 Å². The quantitative estimate of drug-likeness (QED) is 0.394. The standard InChI is InChI=1S/C20H24ClN3O4/c1-14-17(19(21)24(23-14)13-16-7-5-4-6-8-16)9-10-18(25)28-15(2)20(26)22-11-12-27-3/h4-10,15H,11-13H2,1-3H3,(H,22,26)/b10-9+/t15-/m1/s1. The second-order valence-corrected chi connectivity index (χ2v) is 6.49. The SMILES string of the molecule is COCCNC(=O)[C@@H](C)OC(=O)/C=C/c1c(C)nn(Cc2ccccc2)c1Cl. The largest absolute Gasteiger partial charge is 0.449 e. The molecule has 0 radical (unpaired) electrons. The van der Waals surface area contributed by atoms with E-state index in [1.54, 1.807) is 10.8 Å². The van der Waals surface area contributed by atoms with Crippen molar-refractivity contribution in [3.63, 3.8) is 0 Å². The predicted molar refractivity (Wildman–Crippen MR) is 107 cm³/mol. The van der Waals surface area contributed by atoms with Crippen LogP contribution in [0, 0.1) is 6.92 Å². The van der Waals surface area contributed by atoms with E-state index in [1.807, 2.05) is 37.3 Å². The summed E-state index contributed by atoms with van der Waals surface area (Å²) in [5.74, 6) is -1.02. The van der Waals surface area contributed by atoms with E-state index in [-0.39, 0.29) is 5.91 Å². The van der Waals surface area contributed by atoms with Crippen molar-refractivity contribution < 1.29 is 19.1 Å². The summed E-state index contributed by atoms with van der Waals surface area (Å²) in [5.41, 5.74) is 2.39. The van der Waals surface area contributed by atoms with E-state index in [0.717, 1.165) is 5.56 Å². The number of benzene rings is 1. The van der Waals surface area contributed by atoms with E-state index in [1.165, 1.54) is 20.1 Å². The molecule has 8 heteroatoms. The van der Waals surface area contributed by atoms with Crippen LogP contribution in [-0.2, 0) is 25.6 Å². The molecule has 1 amide bonds. The van der Waals surface area contributed by atoms with Crippen LogP contribution in [0.25, 0.3) is 6.08 Å². The van der Waals surface area contributed by atoms with Crippen LogP contribution in [0.15, 0.2) is 36.4 Å². The maximum Gasteiger partial charge on any atom is 0.331 e. The first-order chi connectivity index (χ1) is 13.4. The zero-order valence-corrected chi connectivity index (χ0v) is 16.9. The number of aromatic nitrogens is 2. The lowest BCUT2D eigenvalue weighted by Crippen LogP contribution is -2.37. The first-order valence-corrected chi connectivity index (χ1v) is 9.22. The van der Waals surface area contributed by atoms with Gasteiger partial charge in [-0.3, -0.25) is 4.79 Å². The third kappa shape index (κ3) is 6.21. The van der Waals surface area contributed by atoms with E-state index < -0.39 is 12.1 Å². The number of carbonyl (C=O) groups excluding carboxylic acids is 2. The third-order valence-corrected chi connectivity index (χ3v) is 4.34. The average Bonchev–Trinajstić information content (AvgIpc) is 2.94. The lowest BCUT2D eigenvalue weighted by molar-refractivity contribution is -0.150. The number of esters is 1. The van der Waals surface area contributed by atoms with Crippen molar-refractivity contribution >= 4 is 29.6 Å². The fourth-order valence-electron chi connectivity index (χ4n) is 2.46. The number of carbonyl (C=O) groups is 2. The minimum Gasteiger partial charge on any atom is -0.449 e. The Bertz CT molecular complexity index is 833. The smallest absolute Gasteiger partial charge is 0.331 e.